The minimum Gasteiger partial charge on any atom is -0.296 e. The Hall–Kier alpha value is -0.990. The standard InChI is InChI=1S/C11H20O3/c1-3-5-6-7-8-9-10-11(12)14-13-4-2/h4H,2-3,5-10H2,1H3. The summed E-state index contributed by atoms with van der Waals surface area (Å²) in [6, 6.07) is 0. The zero-order valence-electron chi connectivity index (χ0n) is 8.96. The van der Waals surface area contributed by atoms with Gasteiger partial charge in [0.1, 0.15) is 6.26 Å². The molecule has 0 heterocycles. The Labute approximate surface area is 86.0 Å². The van der Waals surface area contributed by atoms with Crippen molar-refractivity contribution in [1.29, 1.82) is 0 Å². The number of hydrogen-bond donors (Lipinski definition) is 0. The van der Waals surface area contributed by atoms with Gasteiger partial charge in [0, 0.05) is 0 Å². The van der Waals surface area contributed by atoms with Gasteiger partial charge in [-0.25, -0.2) is 4.79 Å². The largest absolute Gasteiger partial charge is 0.355 e. The molecule has 0 bridgehead atoms. The Kier molecular flexibility index (Phi) is 9.38. The Morgan fingerprint density at radius 1 is 1.21 bits per heavy atom. The lowest BCUT2D eigenvalue weighted by Crippen LogP contribution is -2.02. The summed E-state index contributed by atoms with van der Waals surface area (Å²) < 4.78 is 0. The molecule has 0 aliphatic rings. The Morgan fingerprint density at radius 2 is 1.86 bits per heavy atom. The third-order valence-corrected chi connectivity index (χ3v) is 1.94. The van der Waals surface area contributed by atoms with E-state index in [0.717, 1.165) is 19.1 Å². The number of rotatable bonds is 9. The highest BCUT2D eigenvalue weighted by atomic mass is 17.2. The second kappa shape index (κ2) is 10.1. The van der Waals surface area contributed by atoms with Crippen molar-refractivity contribution in [2.75, 3.05) is 0 Å². The van der Waals surface area contributed by atoms with E-state index in [1.165, 1.54) is 25.7 Å². The van der Waals surface area contributed by atoms with E-state index >= 15 is 0 Å². The van der Waals surface area contributed by atoms with E-state index in [1.807, 2.05) is 0 Å². The second-order valence-electron chi connectivity index (χ2n) is 3.24. The predicted octanol–water partition coefficient (Wildman–Crippen LogP) is 3.36. The van der Waals surface area contributed by atoms with Crippen molar-refractivity contribution >= 4 is 5.97 Å². The van der Waals surface area contributed by atoms with Crippen molar-refractivity contribution in [2.45, 2.75) is 51.9 Å². The van der Waals surface area contributed by atoms with Gasteiger partial charge in [-0.05, 0) is 6.42 Å². The highest BCUT2D eigenvalue weighted by molar-refractivity contribution is 5.68. The van der Waals surface area contributed by atoms with Crippen molar-refractivity contribution in [1.82, 2.24) is 0 Å². The molecule has 0 unspecified atom stereocenters. The maximum absolute atomic E-state index is 10.9. The molecule has 0 N–H and O–H groups in total. The summed E-state index contributed by atoms with van der Waals surface area (Å²) in [5.74, 6) is -0.319. The molecule has 0 radical (unpaired) electrons. The van der Waals surface area contributed by atoms with Gasteiger partial charge in [-0.2, -0.15) is 0 Å². The van der Waals surface area contributed by atoms with E-state index in [0.29, 0.717) is 6.42 Å². The molecule has 82 valence electrons. The average Bonchev–Trinajstić information content (AvgIpc) is 2.20. The van der Waals surface area contributed by atoms with E-state index in [-0.39, 0.29) is 5.97 Å². The van der Waals surface area contributed by atoms with Gasteiger partial charge in [0.2, 0.25) is 0 Å². The summed E-state index contributed by atoms with van der Waals surface area (Å²) in [7, 11) is 0. The van der Waals surface area contributed by atoms with E-state index in [4.69, 9.17) is 0 Å². The van der Waals surface area contributed by atoms with Crippen LogP contribution in [0.1, 0.15) is 51.9 Å². The van der Waals surface area contributed by atoms with Crippen LogP contribution in [0.2, 0.25) is 0 Å². The molecule has 0 aromatic carbocycles. The highest BCUT2D eigenvalue weighted by Crippen LogP contribution is 2.07. The van der Waals surface area contributed by atoms with Crippen LogP contribution in [0.5, 0.6) is 0 Å². The molecule has 0 aromatic rings. The first-order valence-electron chi connectivity index (χ1n) is 5.28. The monoisotopic (exact) mass is 200 g/mol. The van der Waals surface area contributed by atoms with Crippen molar-refractivity contribution in [3.05, 3.63) is 12.8 Å². The van der Waals surface area contributed by atoms with Crippen molar-refractivity contribution in [3.8, 4) is 0 Å². The van der Waals surface area contributed by atoms with Crippen LogP contribution in [0, 0.1) is 0 Å². The summed E-state index contributed by atoms with van der Waals surface area (Å²) in [5.41, 5.74) is 0. The van der Waals surface area contributed by atoms with Gasteiger partial charge < -0.3 is 0 Å². The number of unbranched alkanes of at least 4 members (excludes halogenated alkanes) is 5. The molecule has 3 nitrogen and oxygen atoms in total. The predicted molar refractivity (Wildman–Crippen MR) is 55.4 cm³/mol. The fourth-order valence-corrected chi connectivity index (χ4v) is 1.18. The van der Waals surface area contributed by atoms with Gasteiger partial charge in [0.25, 0.3) is 0 Å². The van der Waals surface area contributed by atoms with Gasteiger partial charge in [0.15, 0.2) is 0 Å². The van der Waals surface area contributed by atoms with Crippen LogP contribution in [0.3, 0.4) is 0 Å². The summed E-state index contributed by atoms with van der Waals surface area (Å²) in [6.45, 7) is 5.45. The first kappa shape index (κ1) is 13.0. The second-order valence-corrected chi connectivity index (χ2v) is 3.24. The van der Waals surface area contributed by atoms with Gasteiger partial charge in [-0.15, -0.1) is 0 Å². The lowest BCUT2D eigenvalue weighted by Gasteiger charge is -2.00. The van der Waals surface area contributed by atoms with E-state index in [9.17, 15) is 4.79 Å². The highest BCUT2D eigenvalue weighted by Gasteiger charge is 2.02. The normalized spacial score (nSPS) is 9.50. The minimum absolute atomic E-state index is 0.319. The van der Waals surface area contributed by atoms with Crippen LogP contribution < -0.4 is 0 Å². The van der Waals surface area contributed by atoms with Crippen LogP contribution in [-0.4, -0.2) is 5.97 Å². The van der Waals surface area contributed by atoms with E-state index in [2.05, 4.69) is 23.3 Å². The molecular weight excluding hydrogens is 180 g/mol. The molecular formula is C11H20O3. The Morgan fingerprint density at radius 3 is 2.50 bits per heavy atom. The zero-order valence-corrected chi connectivity index (χ0v) is 8.96. The molecule has 0 atom stereocenters. The van der Waals surface area contributed by atoms with Crippen LogP contribution in [0.25, 0.3) is 0 Å². The first-order valence-corrected chi connectivity index (χ1v) is 5.28. The SMILES string of the molecule is C=COOC(=O)CCCCCCCC. The van der Waals surface area contributed by atoms with E-state index in [1.54, 1.807) is 0 Å². The molecule has 0 fully saturated rings. The lowest BCUT2D eigenvalue weighted by molar-refractivity contribution is -0.238. The van der Waals surface area contributed by atoms with Crippen LogP contribution in [0.15, 0.2) is 12.8 Å². The van der Waals surface area contributed by atoms with Gasteiger partial charge in [0.05, 0.1) is 6.42 Å². The molecule has 0 aliphatic heterocycles. The summed E-state index contributed by atoms with van der Waals surface area (Å²) >= 11 is 0. The molecule has 0 saturated carbocycles. The third-order valence-electron chi connectivity index (χ3n) is 1.94. The smallest absolute Gasteiger partial charge is 0.296 e. The summed E-state index contributed by atoms with van der Waals surface area (Å²) in [4.78, 5) is 19.6. The first-order chi connectivity index (χ1) is 6.81. The van der Waals surface area contributed by atoms with Crippen molar-refractivity contribution in [2.24, 2.45) is 0 Å². The topological polar surface area (TPSA) is 35.5 Å². The quantitative estimate of drug-likeness (QED) is 0.248. The van der Waals surface area contributed by atoms with E-state index < -0.39 is 0 Å². The van der Waals surface area contributed by atoms with Crippen LogP contribution in [-0.2, 0) is 14.6 Å². The lowest BCUT2D eigenvalue weighted by atomic mass is 10.1. The zero-order chi connectivity index (χ0) is 10.6. The average molecular weight is 200 g/mol. The molecule has 14 heavy (non-hydrogen) atoms. The number of carbonyl (C=O) groups is 1. The van der Waals surface area contributed by atoms with Gasteiger partial charge in [-0.1, -0.05) is 45.6 Å². The Balaban J connectivity index is 3.10. The molecule has 0 saturated heterocycles. The molecule has 3 heteroatoms. The molecule has 0 aliphatic carbocycles. The van der Waals surface area contributed by atoms with Crippen molar-refractivity contribution < 1.29 is 14.6 Å². The van der Waals surface area contributed by atoms with Crippen LogP contribution >= 0.6 is 0 Å². The fourth-order valence-electron chi connectivity index (χ4n) is 1.18. The number of hydrogen-bond acceptors (Lipinski definition) is 3. The molecule has 0 rings (SSSR count). The third kappa shape index (κ3) is 9.10. The Bertz CT molecular complexity index is 155. The maximum Gasteiger partial charge on any atom is 0.355 e. The molecule has 0 spiro atoms. The number of carbonyl (C=O) groups excluding carboxylic acids is 1. The maximum atomic E-state index is 10.9. The van der Waals surface area contributed by atoms with Crippen LogP contribution in [0.4, 0.5) is 0 Å². The summed E-state index contributed by atoms with van der Waals surface area (Å²) in [5, 5.41) is 0. The van der Waals surface area contributed by atoms with Crippen molar-refractivity contribution in [3.63, 3.8) is 0 Å². The van der Waals surface area contributed by atoms with Gasteiger partial charge >= 0.3 is 5.97 Å². The molecule has 0 aromatic heterocycles. The minimum atomic E-state index is -0.319. The summed E-state index contributed by atoms with van der Waals surface area (Å²) in [6.07, 6.45) is 8.47. The molecule has 0 amide bonds. The fraction of sp³-hybridized carbons (Fsp3) is 0.727. The van der Waals surface area contributed by atoms with Gasteiger partial charge in [-0.3, -0.25) is 9.78 Å².